The highest BCUT2D eigenvalue weighted by Gasteiger charge is 2.27. The maximum Gasteiger partial charge on any atom is 0.137 e. The molecule has 2 heterocycles. The quantitative estimate of drug-likeness (QED) is 0.873. The molecule has 0 amide bonds. The van der Waals surface area contributed by atoms with E-state index in [1.165, 1.54) is 12.8 Å². The predicted molar refractivity (Wildman–Crippen MR) is 76.3 cm³/mol. The number of anilines is 2. The average Bonchev–Trinajstić information content (AvgIpc) is 2.32. The molecule has 0 bridgehead atoms. The van der Waals surface area contributed by atoms with Crippen molar-refractivity contribution in [2.45, 2.75) is 40.5 Å². The number of nitrogens with one attached hydrogen (secondary N) is 1. The van der Waals surface area contributed by atoms with Gasteiger partial charge in [-0.25, -0.2) is 9.97 Å². The third-order valence-corrected chi connectivity index (χ3v) is 3.89. The molecule has 0 radical (unpaired) electrons. The number of hydrogen-bond donors (Lipinski definition) is 1. The van der Waals surface area contributed by atoms with Crippen LogP contribution in [0.1, 0.15) is 38.1 Å². The monoisotopic (exact) mass is 248 g/mol. The van der Waals surface area contributed by atoms with E-state index in [0.717, 1.165) is 36.1 Å². The smallest absolute Gasteiger partial charge is 0.137 e. The van der Waals surface area contributed by atoms with Gasteiger partial charge in [0.05, 0.1) is 0 Å². The van der Waals surface area contributed by atoms with E-state index in [-0.39, 0.29) is 0 Å². The number of aromatic nitrogens is 2. The second-order valence-corrected chi connectivity index (χ2v) is 5.97. The van der Waals surface area contributed by atoms with E-state index in [0.29, 0.717) is 5.41 Å². The number of nitrogens with zero attached hydrogens (tertiary/aromatic N) is 3. The Hall–Kier alpha value is -1.32. The van der Waals surface area contributed by atoms with Gasteiger partial charge in [-0.2, -0.15) is 0 Å². The maximum absolute atomic E-state index is 4.63. The van der Waals surface area contributed by atoms with Crippen LogP contribution in [0.2, 0.25) is 0 Å². The van der Waals surface area contributed by atoms with Crippen LogP contribution in [-0.4, -0.2) is 30.1 Å². The van der Waals surface area contributed by atoms with Crippen molar-refractivity contribution in [3.8, 4) is 0 Å². The van der Waals surface area contributed by atoms with Gasteiger partial charge in [0.25, 0.3) is 0 Å². The molecular weight excluding hydrogens is 224 g/mol. The first-order chi connectivity index (χ1) is 8.43. The summed E-state index contributed by atoms with van der Waals surface area (Å²) < 4.78 is 0. The van der Waals surface area contributed by atoms with Gasteiger partial charge in [-0.15, -0.1) is 0 Å². The molecule has 1 saturated heterocycles. The lowest BCUT2D eigenvalue weighted by Gasteiger charge is -2.38. The minimum atomic E-state index is 0.471. The summed E-state index contributed by atoms with van der Waals surface area (Å²) in [5.74, 6) is 2.88. The number of hydrogen-bond acceptors (Lipinski definition) is 4. The van der Waals surface area contributed by atoms with Crippen LogP contribution >= 0.6 is 0 Å². The Labute approximate surface area is 110 Å². The SMILES string of the molecule is CNc1nc(C)nc(N2CCC(C)(C)CC2)c1C. The molecule has 0 spiro atoms. The molecule has 1 fully saturated rings. The van der Waals surface area contributed by atoms with Crippen molar-refractivity contribution >= 4 is 11.6 Å². The highest BCUT2D eigenvalue weighted by molar-refractivity contribution is 5.58. The van der Waals surface area contributed by atoms with Crippen molar-refractivity contribution in [2.24, 2.45) is 5.41 Å². The van der Waals surface area contributed by atoms with Gasteiger partial charge in [0.2, 0.25) is 0 Å². The molecule has 0 saturated carbocycles. The first-order valence-corrected chi connectivity index (χ1v) is 6.71. The van der Waals surface area contributed by atoms with Crippen LogP contribution < -0.4 is 10.2 Å². The zero-order chi connectivity index (χ0) is 13.3. The fourth-order valence-corrected chi connectivity index (χ4v) is 2.49. The number of aryl methyl sites for hydroxylation is 1. The number of piperidine rings is 1. The lowest BCUT2D eigenvalue weighted by molar-refractivity contribution is 0.279. The number of rotatable bonds is 2. The van der Waals surface area contributed by atoms with E-state index in [4.69, 9.17) is 0 Å². The lowest BCUT2D eigenvalue weighted by atomic mass is 9.82. The maximum atomic E-state index is 4.63. The van der Waals surface area contributed by atoms with Crippen LogP contribution in [0.5, 0.6) is 0 Å². The second-order valence-electron chi connectivity index (χ2n) is 5.97. The molecule has 0 aromatic carbocycles. The Morgan fingerprint density at radius 2 is 1.72 bits per heavy atom. The van der Waals surface area contributed by atoms with Crippen LogP contribution in [0.15, 0.2) is 0 Å². The van der Waals surface area contributed by atoms with Gasteiger partial charge in [-0.3, -0.25) is 0 Å². The highest BCUT2D eigenvalue weighted by atomic mass is 15.2. The van der Waals surface area contributed by atoms with Gasteiger partial charge in [0, 0.05) is 25.7 Å². The molecule has 1 aliphatic rings. The summed E-state index contributed by atoms with van der Waals surface area (Å²) in [6.45, 7) is 10.9. The summed E-state index contributed by atoms with van der Waals surface area (Å²) in [4.78, 5) is 11.5. The van der Waals surface area contributed by atoms with Crippen molar-refractivity contribution in [2.75, 3.05) is 30.4 Å². The summed E-state index contributed by atoms with van der Waals surface area (Å²) in [6, 6.07) is 0. The first-order valence-electron chi connectivity index (χ1n) is 6.71. The van der Waals surface area contributed by atoms with Gasteiger partial charge in [-0.05, 0) is 32.1 Å². The summed E-state index contributed by atoms with van der Waals surface area (Å²) in [5.41, 5.74) is 1.63. The summed E-state index contributed by atoms with van der Waals surface area (Å²) in [6.07, 6.45) is 2.45. The van der Waals surface area contributed by atoms with Crippen molar-refractivity contribution in [3.63, 3.8) is 0 Å². The van der Waals surface area contributed by atoms with E-state index < -0.39 is 0 Å². The van der Waals surface area contributed by atoms with Crippen molar-refractivity contribution in [1.29, 1.82) is 0 Å². The molecule has 1 aromatic heterocycles. The first kappa shape index (κ1) is 13.1. The minimum Gasteiger partial charge on any atom is -0.373 e. The molecule has 1 N–H and O–H groups in total. The molecule has 1 aliphatic heterocycles. The van der Waals surface area contributed by atoms with Crippen molar-refractivity contribution in [1.82, 2.24) is 9.97 Å². The molecule has 0 unspecified atom stereocenters. The zero-order valence-electron chi connectivity index (χ0n) is 12.2. The normalized spacial score (nSPS) is 18.8. The third kappa shape index (κ3) is 2.57. The minimum absolute atomic E-state index is 0.471. The van der Waals surface area contributed by atoms with Crippen LogP contribution in [0.25, 0.3) is 0 Å². The summed E-state index contributed by atoms with van der Waals surface area (Å²) in [7, 11) is 1.91. The molecule has 18 heavy (non-hydrogen) atoms. The van der Waals surface area contributed by atoms with E-state index in [1.54, 1.807) is 0 Å². The molecule has 4 nitrogen and oxygen atoms in total. The Morgan fingerprint density at radius 1 is 1.11 bits per heavy atom. The predicted octanol–water partition coefficient (Wildman–Crippen LogP) is 2.76. The van der Waals surface area contributed by atoms with Gasteiger partial charge in [-0.1, -0.05) is 13.8 Å². The Balaban J connectivity index is 2.26. The third-order valence-electron chi connectivity index (χ3n) is 3.89. The fourth-order valence-electron chi connectivity index (χ4n) is 2.49. The molecule has 1 aromatic rings. The molecular formula is C14H24N4. The molecule has 2 rings (SSSR count). The van der Waals surface area contributed by atoms with E-state index in [9.17, 15) is 0 Å². The highest BCUT2D eigenvalue weighted by Crippen LogP contribution is 2.33. The topological polar surface area (TPSA) is 41.1 Å². The Morgan fingerprint density at radius 3 is 2.28 bits per heavy atom. The second kappa shape index (κ2) is 4.75. The van der Waals surface area contributed by atoms with Gasteiger partial charge < -0.3 is 10.2 Å². The molecule has 0 atom stereocenters. The summed E-state index contributed by atoms with van der Waals surface area (Å²) in [5, 5.41) is 3.15. The zero-order valence-corrected chi connectivity index (χ0v) is 12.2. The molecule has 4 heteroatoms. The fraction of sp³-hybridized carbons (Fsp3) is 0.714. The average molecular weight is 248 g/mol. The molecule has 0 aliphatic carbocycles. The lowest BCUT2D eigenvalue weighted by Crippen LogP contribution is -2.38. The Kier molecular flexibility index (Phi) is 3.46. The van der Waals surface area contributed by atoms with Crippen LogP contribution in [0.4, 0.5) is 11.6 Å². The van der Waals surface area contributed by atoms with E-state index in [1.807, 2.05) is 14.0 Å². The molecule has 100 valence electrons. The van der Waals surface area contributed by atoms with Gasteiger partial charge in [0.15, 0.2) is 0 Å². The van der Waals surface area contributed by atoms with E-state index in [2.05, 4.69) is 41.0 Å². The van der Waals surface area contributed by atoms with Gasteiger partial charge >= 0.3 is 0 Å². The van der Waals surface area contributed by atoms with Crippen molar-refractivity contribution in [3.05, 3.63) is 11.4 Å². The largest absolute Gasteiger partial charge is 0.373 e. The van der Waals surface area contributed by atoms with Crippen LogP contribution in [-0.2, 0) is 0 Å². The van der Waals surface area contributed by atoms with E-state index >= 15 is 0 Å². The van der Waals surface area contributed by atoms with Crippen LogP contribution in [0, 0.1) is 19.3 Å². The summed E-state index contributed by atoms with van der Waals surface area (Å²) >= 11 is 0. The standard InChI is InChI=1S/C14H24N4/c1-10-12(15-5)16-11(2)17-13(10)18-8-6-14(3,4)7-9-18/h6-9H2,1-5H3,(H,15,16,17). The Bertz CT molecular complexity index is 430. The van der Waals surface area contributed by atoms with Gasteiger partial charge in [0.1, 0.15) is 17.5 Å². The van der Waals surface area contributed by atoms with Crippen LogP contribution in [0.3, 0.4) is 0 Å². The van der Waals surface area contributed by atoms with Crippen molar-refractivity contribution < 1.29 is 0 Å².